The molecule has 1 atom stereocenters. The molecule has 1 N–H and O–H groups in total. The van der Waals surface area contributed by atoms with Crippen LogP contribution < -0.4 is 5.32 Å². The zero-order chi connectivity index (χ0) is 13.8. The van der Waals surface area contributed by atoms with E-state index in [1.807, 2.05) is 37.3 Å². The van der Waals surface area contributed by atoms with Crippen LogP contribution in [0.1, 0.15) is 24.1 Å². The van der Waals surface area contributed by atoms with Crippen molar-refractivity contribution < 1.29 is 4.39 Å². The molecular formula is C15H14BrFIN. The third-order valence-electron chi connectivity index (χ3n) is 2.89. The average molecular weight is 434 g/mol. The van der Waals surface area contributed by atoms with Crippen molar-refractivity contribution in [2.24, 2.45) is 0 Å². The summed E-state index contributed by atoms with van der Waals surface area (Å²) in [5.41, 5.74) is 1.77. The fourth-order valence-corrected chi connectivity index (χ4v) is 3.06. The van der Waals surface area contributed by atoms with Gasteiger partial charge in [-0.1, -0.05) is 41.1 Å². The second-order valence-corrected chi connectivity index (χ2v) is 6.26. The monoisotopic (exact) mass is 433 g/mol. The van der Waals surface area contributed by atoms with E-state index in [4.69, 9.17) is 0 Å². The van der Waals surface area contributed by atoms with E-state index in [1.165, 1.54) is 6.07 Å². The fraction of sp³-hybridized carbons (Fsp3) is 0.200. The van der Waals surface area contributed by atoms with Crippen LogP contribution in [0.5, 0.6) is 0 Å². The summed E-state index contributed by atoms with van der Waals surface area (Å²) in [5, 5.41) is 3.36. The Balaban J connectivity index is 2.51. The maximum Gasteiger partial charge on any atom is 0.128 e. The van der Waals surface area contributed by atoms with Crippen LogP contribution in [0.3, 0.4) is 0 Å². The number of benzene rings is 2. The Hall–Kier alpha value is -0.460. The zero-order valence-corrected chi connectivity index (χ0v) is 14.2. The van der Waals surface area contributed by atoms with Crippen molar-refractivity contribution in [3.05, 3.63) is 67.5 Å². The zero-order valence-electron chi connectivity index (χ0n) is 10.5. The van der Waals surface area contributed by atoms with E-state index in [0.29, 0.717) is 5.56 Å². The van der Waals surface area contributed by atoms with E-state index in [1.54, 1.807) is 6.07 Å². The van der Waals surface area contributed by atoms with Crippen LogP contribution in [0.15, 0.2) is 46.9 Å². The summed E-state index contributed by atoms with van der Waals surface area (Å²) >= 11 is 5.77. The van der Waals surface area contributed by atoms with Gasteiger partial charge in [-0.2, -0.15) is 0 Å². The molecular weight excluding hydrogens is 420 g/mol. The first-order valence-corrected chi connectivity index (χ1v) is 7.93. The van der Waals surface area contributed by atoms with Crippen LogP contribution in [0.4, 0.5) is 4.39 Å². The van der Waals surface area contributed by atoms with Crippen LogP contribution >= 0.6 is 38.5 Å². The summed E-state index contributed by atoms with van der Waals surface area (Å²) in [6, 6.07) is 12.9. The average Bonchev–Trinajstić information content (AvgIpc) is 2.40. The minimum absolute atomic E-state index is 0.129. The molecule has 0 spiro atoms. The quantitative estimate of drug-likeness (QED) is 0.676. The van der Waals surface area contributed by atoms with Gasteiger partial charge in [0, 0.05) is 13.6 Å². The molecule has 0 aliphatic carbocycles. The van der Waals surface area contributed by atoms with Gasteiger partial charge in [0.05, 0.1) is 6.04 Å². The first kappa shape index (κ1) is 14.9. The highest BCUT2D eigenvalue weighted by Crippen LogP contribution is 2.30. The lowest BCUT2D eigenvalue weighted by Crippen LogP contribution is -2.23. The fourth-order valence-electron chi connectivity index (χ4n) is 2.04. The Morgan fingerprint density at radius 2 is 1.95 bits per heavy atom. The van der Waals surface area contributed by atoms with Gasteiger partial charge in [0.25, 0.3) is 0 Å². The molecule has 0 bridgehead atoms. The van der Waals surface area contributed by atoms with Crippen molar-refractivity contribution in [3.63, 3.8) is 0 Å². The standard InChI is InChI=1S/C15H14BrFIN/c1-2-19-15(11-5-3-4-6-13(11)17)12-9-10(16)7-8-14(12)18/h3-9,15,19H,2H2,1H3. The van der Waals surface area contributed by atoms with Crippen molar-refractivity contribution in [2.45, 2.75) is 13.0 Å². The van der Waals surface area contributed by atoms with E-state index < -0.39 is 0 Å². The summed E-state index contributed by atoms with van der Waals surface area (Å²) in [4.78, 5) is 0. The van der Waals surface area contributed by atoms with Crippen molar-refractivity contribution in [3.8, 4) is 0 Å². The highest BCUT2D eigenvalue weighted by Gasteiger charge is 2.19. The predicted molar refractivity (Wildman–Crippen MR) is 88.8 cm³/mol. The van der Waals surface area contributed by atoms with Crippen LogP contribution in [0.25, 0.3) is 0 Å². The largest absolute Gasteiger partial charge is 0.306 e. The number of nitrogens with one attached hydrogen (secondary N) is 1. The Kier molecular flexibility index (Phi) is 5.36. The second-order valence-electron chi connectivity index (χ2n) is 4.18. The van der Waals surface area contributed by atoms with Gasteiger partial charge in [-0.25, -0.2) is 4.39 Å². The minimum Gasteiger partial charge on any atom is -0.306 e. The van der Waals surface area contributed by atoms with Crippen molar-refractivity contribution in [1.82, 2.24) is 5.32 Å². The number of halogens is 3. The lowest BCUT2D eigenvalue weighted by atomic mass is 9.98. The van der Waals surface area contributed by atoms with Gasteiger partial charge in [-0.15, -0.1) is 0 Å². The molecule has 1 unspecified atom stereocenters. The lowest BCUT2D eigenvalue weighted by molar-refractivity contribution is 0.558. The van der Waals surface area contributed by atoms with Crippen LogP contribution in [-0.2, 0) is 0 Å². The van der Waals surface area contributed by atoms with Gasteiger partial charge in [-0.3, -0.25) is 0 Å². The van der Waals surface area contributed by atoms with Crippen LogP contribution in [-0.4, -0.2) is 6.54 Å². The van der Waals surface area contributed by atoms with Gasteiger partial charge in [0.1, 0.15) is 5.82 Å². The second kappa shape index (κ2) is 6.81. The summed E-state index contributed by atoms with van der Waals surface area (Å²) in [5.74, 6) is -0.177. The SMILES string of the molecule is CCNC(c1ccccc1F)c1cc(Br)ccc1I. The number of hydrogen-bond donors (Lipinski definition) is 1. The third kappa shape index (κ3) is 3.55. The van der Waals surface area contributed by atoms with Crippen molar-refractivity contribution in [1.29, 1.82) is 0 Å². The van der Waals surface area contributed by atoms with Gasteiger partial charge < -0.3 is 5.32 Å². The topological polar surface area (TPSA) is 12.0 Å². The summed E-state index contributed by atoms with van der Waals surface area (Å²) in [7, 11) is 0. The molecule has 0 aliphatic heterocycles. The van der Waals surface area contributed by atoms with Crippen LogP contribution in [0, 0.1) is 9.39 Å². The summed E-state index contributed by atoms with van der Waals surface area (Å²) in [6.45, 7) is 2.81. The normalized spacial score (nSPS) is 12.4. The van der Waals surface area contributed by atoms with Gasteiger partial charge >= 0.3 is 0 Å². The van der Waals surface area contributed by atoms with Crippen molar-refractivity contribution in [2.75, 3.05) is 6.54 Å². The molecule has 0 saturated carbocycles. The highest BCUT2D eigenvalue weighted by atomic mass is 127. The van der Waals surface area contributed by atoms with E-state index in [0.717, 1.165) is 20.2 Å². The van der Waals surface area contributed by atoms with E-state index in [2.05, 4.69) is 43.8 Å². The maximum absolute atomic E-state index is 14.0. The third-order valence-corrected chi connectivity index (χ3v) is 4.37. The molecule has 19 heavy (non-hydrogen) atoms. The van der Waals surface area contributed by atoms with E-state index in [9.17, 15) is 4.39 Å². The smallest absolute Gasteiger partial charge is 0.128 e. The molecule has 0 heterocycles. The Labute approximate surface area is 134 Å². The van der Waals surface area contributed by atoms with Crippen LogP contribution in [0.2, 0.25) is 0 Å². The Morgan fingerprint density at radius 3 is 2.63 bits per heavy atom. The molecule has 2 rings (SSSR count). The molecule has 0 saturated heterocycles. The molecule has 0 aliphatic rings. The minimum atomic E-state index is -0.177. The van der Waals surface area contributed by atoms with Gasteiger partial charge in [-0.05, 0) is 59.0 Å². The highest BCUT2D eigenvalue weighted by molar-refractivity contribution is 14.1. The first-order chi connectivity index (χ1) is 9.13. The van der Waals surface area contributed by atoms with E-state index >= 15 is 0 Å². The molecule has 2 aromatic carbocycles. The molecule has 2 aromatic rings. The number of hydrogen-bond acceptors (Lipinski definition) is 1. The molecule has 0 amide bonds. The Bertz CT molecular complexity index is 574. The molecule has 0 fully saturated rings. The molecule has 100 valence electrons. The first-order valence-electron chi connectivity index (χ1n) is 6.06. The molecule has 1 nitrogen and oxygen atoms in total. The van der Waals surface area contributed by atoms with E-state index in [-0.39, 0.29) is 11.9 Å². The van der Waals surface area contributed by atoms with Gasteiger partial charge in [0.2, 0.25) is 0 Å². The summed E-state index contributed by atoms with van der Waals surface area (Å²) < 4.78 is 16.1. The summed E-state index contributed by atoms with van der Waals surface area (Å²) in [6.07, 6.45) is 0. The number of rotatable bonds is 4. The molecule has 0 radical (unpaired) electrons. The van der Waals surface area contributed by atoms with Gasteiger partial charge in [0.15, 0.2) is 0 Å². The predicted octanol–water partition coefficient (Wildman–Crippen LogP) is 4.89. The molecule has 0 aromatic heterocycles. The molecule has 4 heteroatoms. The Morgan fingerprint density at radius 1 is 1.21 bits per heavy atom. The maximum atomic E-state index is 14.0. The lowest BCUT2D eigenvalue weighted by Gasteiger charge is -2.21. The van der Waals surface area contributed by atoms with Crippen molar-refractivity contribution >= 4 is 38.5 Å².